The molecular weight excluding hydrogens is 292 g/mol. The van der Waals surface area contributed by atoms with Gasteiger partial charge in [-0.05, 0) is 54.8 Å². The fourth-order valence-corrected chi connectivity index (χ4v) is 2.67. The van der Waals surface area contributed by atoms with Gasteiger partial charge >= 0.3 is 6.03 Å². The maximum Gasteiger partial charge on any atom is 0.319 e. The van der Waals surface area contributed by atoms with Crippen molar-refractivity contribution in [3.63, 3.8) is 0 Å². The first-order valence-corrected chi connectivity index (χ1v) is 7.58. The predicted octanol–water partition coefficient (Wildman–Crippen LogP) is 3.13. The number of hydrogen-bond donors (Lipinski definition) is 2. The molecule has 2 N–H and O–H groups in total. The molecule has 2 aromatic carbocycles. The second-order valence-electron chi connectivity index (χ2n) is 5.65. The molecule has 0 spiro atoms. The van der Waals surface area contributed by atoms with E-state index in [2.05, 4.69) is 10.6 Å². The molecule has 0 saturated carbocycles. The van der Waals surface area contributed by atoms with Crippen LogP contribution in [0.4, 0.5) is 10.5 Å². The van der Waals surface area contributed by atoms with E-state index in [9.17, 15) is 4.79 Å². The number of ether oxygens (including phenoxy) is 2. The van der Waals surface area contributed by atoms with Crippen molar-refractivity contribution in [2.75, 3.05) is 19.0 Å². The van der Waals surface area contributed by atoms with Crippen LogP contribution in [0.5, 0.6) is 11.5 Å². The van der Waals surface area contributed by atoms with Crippen LogP contribution in [0.25, 0.3) is 0 Å². The normalized spacial score (nSPS) is 16.0. The molecule has 0 aromatic heterocycles. The number of rotatable bonds is 3. The zero-order valence-electron chi connectivity index (χ0n) is 13.3. The second-order valence-corrected chi connectivity index (χ2v) is 5.65. The van der Waals surface area contributed by atoms with Gasteiger partial charge in [0.1, 0.15) is 18.1 Å². The lowest BCUT2D eigenvalue weighted by atomic mass is 10.0. The molecule has 120 valence electrons. The molecule has 1 heterocycles. The smallest absolute Gasteiger partial charge is 0.319 e. The molecule has 0 fully saturated rings. The molecule has 0 saturated heterocycles. The number of benzene rings is 2. The van der Waals surface area contributed by atoms with Crippen LogP contribution < -0.4 is 20.1 Å². The minimum absolute atomic E-state index is 0.0700. The summed E-state index contributed by atoms with van der Waals surface area (Å²) in [6, 6.07) is 13.1. The number of carbonyl (C=O) groups excluding carboxylic acids is 1. The number of methoxy groups -OCH3 is 1. The van der Waals surface area contributed by atoms with Gasteiger partial charge in [0.05, 0.1) is 13.2 Å². The summed E-state index contributed by atoms with van der Waals surface area (Å²) in [7, 11) is 1.64. The molecule has 1 unspecified atom stereocenters. The van der Waals surface area contributed by atoms with E-state index < -0.39 is 0 Å². The Morgan fingerprint density at radius 3 is 2.91 bits per heavy atom. The summed E-state index contributed by atoms with van der Waals surface area (Å²) in [5, 5.41) is 5.80. The Bertz CT molecular complexity index is 715. The quantitative estimate of drug-likeness (QED) is 0.915. The summed E-state index contributed by atoms with van der Waals surface area (Å²) >= 11 is 0. The van der Waals surface area contributed by atoms with Crippen LogP contribution in [0.3, 0.4) is 0 Å². The van der Waals surface area contributed by atoms with Gasteiger partial charge in [-0.15, -0.1) is 0 Å². The molecule has 1 aliphatic rings. The van der Waals surface area contributed by atoms with Crippen molar-refractivity contribution in [2.45, 2.75) is 19.4 Å². The molecule has 1 atom stereocenters. The lowest BCUT2D eigenvalue weighted by Crippen LogP contribution is -2.44. The Morgan fingerprint density at radius 2 is 2.13 bits per heavy atom. The number of anilines is 1. The average Bonchev–Trinajstić information content (AvgIpc) is 2.54. The highest BCUT2D eigenvalue weighted by Gasteiger charge is 2.22. The van der Waals surface area contributed by atoms with E-state index in [1.54, 1.807) is 7.11 Å². The van der Waals surface area contributed by atoms with Crippen LogP contribution in [0, 0.1) is 6.92 Å². The Kier molecular flexibility index (Phi) is 4.37. The lowest BCUT2D eigenvalue weighted by Gasteiger charge is -2.26. The molecule has 0 radical (unpaired) electrons. The Labute approximate surface area is 135 Å². The standard InChI is InChI=1S/C18H20N2O3/c1-12-4-3-5-14(8-12)19-18(21)20-15-9-13-10-16(22-2)6-7-17(13)23-11-15/h3-8,10,15H,9,11H2,1-2H3,(H2,19,20,21). The average molecular weight is 312 g/mol. The minimum Gasteiger partial charge on any atom is -0.497 e. The van der Waals surface area contributed by atoms with Crippen LogP contribution in [0.1, 0.15) is 11.1 Å². The molecule has 5 nitrogen and oxygen atoms in total. The van der Waals surface area contributed by atoms with Crippen molar-refractivity contribution in [1.82, 2.24) is 5.32 Å². The number of nitrogens with one attached hydrogen (secondary N) is 2. The largest absolute Gasteiger partial charge is 0.497 e. The molecule has 23 heavy (non-hydrogen) atoms. The molecule has 0 bridgehead atoms. The van der Waals surface area contributed by atoms with Crippen molar-refractivity contribution in [3.05, 3.63) is 53.6 Å². The third kappa shape index (κ3) is 3.74. The number of fused-ring (bicyclic) bond motifs is 1. The first-order valence-electron chi connectivity index (χ1n) is 7.58. The second kappa shape index (κ2) is 6.60. The fourth-order valence-electron chi connectivity index (χ4n) is 2.67. The Morgan fingerprint density at radius 1 is 1.26 bits per heavy atom. The highest BCUT2D eigenvalue weighted by molar-refractivity contribution is 5.89. The highest BCUT2D eigenvalue weighted by Crippen LogP contribution is 2.28. The predicted molar refractivity (Wildman–Crippen MR) is 89.3 cm³/mol. The fraction of sp³-hybridized carbons (Fsp3) is 0.278. The molecule has 2 aromatic rings. The van der Waals surface area contributed by atoms with Gasteiger partial charge in [-0.2, -0.15) is 0 Å². The van der Waals surface area contributed by atoms with Gasteiger partial charge in [-0.3, -0.25) is 0 Å². The van der Waals surface area contributed by atoms with E-state index in [0.717, 1.165) is 28.3 Å². The zero-order valence-corrected chi connectivity index (χ0v) is 13.3. The zero-order chi connectivity index (χ0) is 16.2. The molecule has 1 aliphatic heterocycles. The summed E-state index contributed by atoms with van der Waals surface area (Å²) in [6.45, 7) is 2.45. The molecule has 0 aliphatic carbocycles. The summed E-state index contributed by atoms with van der Waals surface area (Å²) in [5.41, 5.74) is 2.92. The maximum atomic E-state index is 12.1. The first-order chi connectivity index (χ1) is 11.1. The van der Waals surface area contributed by atoms with Crippen molar-refractivity contribution in [3.8, 4) is 11.5 Å². The number of hydrogen-bond acceptors (Lipinski definition) is 3. The Hall–Kier alpha value is -2.69. The number of urea groups is 1. The van der Waals surface area contributed by atoms with E-state index >= 15 is 0 Å². The first kappa shape index (κ1) is 15.2. The maximum absolute atomic E-state index is 12.1. The third-order valence-corrected chi connectivity index (χ3v) is 3.79. The molecule has 3 rings (SSSR count). The van der Waals surface area contributed by atoms with E-state index in [1.165, 1.54) is 0 Å². The molecule has 2 amide bonds. The Balaban J connectivity index is 1.61. The summed E-state index contributed by atoms with van der Waals surface area (Å²) < 4.78 is 10.9. The van der Waals surface area contributed by atoms with Gasteiger partial charge in [-0.1, -0.05) is 12.1 Å². The van der Waals surface area contributed by atoms with E-state index in [-0.39, 0.29) is 12.1 Å². The topological polar surface area (TPSA) is 59.6 Å². The van der Waals surface area contributed by atoms with Crippen LogP contribution in [-0.4, -0.2) is 25.8 Å². The van der Waals surface area contributed by atoms with E-state index in [4.69, 9.17) is 9.47 Å². The van der Waals surface area contributed by atoms with Gasteiger partial charge in [0.25, 0.3) is 0 Å². The minimum atomic E-state index is -0.226. The van der Waals surface area contributed by atoms with Gasteiger partial charge in [0.15, 0.2) is 0 Å². The monoisotopic (exact) mass is 312 g/mol. The van der Waals surface area contributed by atoms with Gasteiger partial charge in [0.2, 0.25) is 0 Å². The van der Waals surface area contributed by atoms with Crippen LogP contribution in [-0.2, 0) is 6.42 Å². The third-order valence-electron chi connectivity index (χ3n) is 3.79. The van der Waals surface area contributed by atoms with Gasteiger partial charge < -0.3 is 20.1 Å². The van der Waals surface area contributed by atoms with Crippen molar-refractivity contribution < 1.29 is 14.3 Å². The van der Waals surface area contributed by atoms with Crippen LogP contribution in [0.2, 0.25) is 0 Å². The molecule has 5 heteroatoms. The van der Waals surface area contributed by atoms with Crippen LogP contribution >= 0.6 is 0 Å². The van der Waals surface area contributed by atoms with Crippen molar-refractivity contribution >= 4 is 11.7 Å². The van der Waals surface area contributed by atoms with Crippen LogP contribution in [0.15, 0.2) is 42.5 Å². The number of aryl methyl sites for hydroxylation is 1. The van der Waals surface area contributed by atoms with Gasteiger partial charge in [-0.25, -0.2) is 4.79 Å². The number of carbonyl (C=O) groups is 1. The lowest BCUT2D eigenvalue weighted by molar-refractivity contribution is 0.222. The summed E-state index contributed by atoms with van der Waals surface area (Å²) in [6.07, 6.45) is 0.716. The SMILES string of the molecule is COc1ccc2c(c1)CC(NC(=O)Nc1cccc(C)c1)CO2. The summed E-state index contributed by atoms with van der Waals surface area (Å²) in [4.78, 5) is 12.1. The molecular formula is C18H20N2O3. The number of amides is 2. The van der Waals surface area contributed by atoms with Gasteiger partial charge in [0, 0.05) is 5.69 Å². The van der Waals surface area contributed by atoms with Crippen molar-refractivity contribution in [1.29, 1.82) is 0 Å². The highest BCUT2D eigenvalue weighted by atomic mass is 16.5. The van der Waals surface area contributed by atoms with E-state index in [1.807, 2.05) is 49.4 Å². The van der Waals surface area contributed by atoms with E-state index in [0.29, 0.717) is 13.0 Å². The summed E-state index contributed by atoms with van der Waals surface area (Å²) in [5.74, 6) is 1.64. The van der Waals surface area contributed by atoms with Crippen molar-refractivity contribution in [2.24, 2.45) is 0 Å².